The van der Waals surface area contributed by atoms with E-state index in [0.29, 0.717) is 0 Å². The van der Waals surface area contributed by atoms with Crippen molar-refractivity contribution >= 4 is 54.1 Å². The summed E-state index contributed by atoms with van der Waals surface area (Å²) in [6.45, 7) is 2.24. The molecule has 56 heavy (non-hydrogen) atoms. The Morgan fingerprint density at radius 1 is 0.321 bits per heavy atom. The minimum atomic E-state index is 0.934. The predicted molar refractivity (Wildman–Crippen MR) is 238 cm³/mol. The monoisotopic (exact) mass is 712 g/mol. The Morgan fingerprint density at radius 2 is 0.661 bits per heavy atom. The van der Waals surface area contributed by atoms with Crippen LogP contribution in [0.25, 0.3) is 105 Å². The van der Waals surface area contributed by atoms with Crippen LogP contribution in [0.15, 0.2) is 200 Å². The summed E-state index contributed by atoms with van der Waals surface area (Å²) >= 11 is 0. The fourth-order valence-corrected chi connectivity index (χ4v) is 9.06. The molecule has 0 spiro atoms. The van der Waals surface area contributed by atoms with Gasteiger partial charge in [-0.3, -0.25) is 4.57 Å². The molecule has 1 heterocycles. The minimum Gasteiger partial charge on any atom is -0.292 e. The Bertz CT molecular complexity index is 3170. The van der Waals surface area contributed by atoms with Gasteiger partial charge in [0.25, 0.3) is 0 Å². The molecule has 0 bridgehead atoms. The van der Waals surface area contributed by atoms with Crippen LogP contribution in [0.1, 0.15) is 5.56 Å². The van der Waals surface area contributed by atoms with Crippen LogP contribution in [0, 0.1) is 6.92 Å². The summed E-state index contributed by atoms with van der Waals surface area (Å²) in [5.74, 6) is 0.934. The van der Waals surface area contributed by atoms with Crippen LogP contribution in [0.4, 0.5) is 0 Å². The highest BCUT2D eigenvalue weighted by Gasteiger charge is 2.19. The van der Waals surface area contributed by atoms with Gasteiger partial charge in [0.2, 0.25) is 0 Å². The lowest BCUT2D eigenvalue weighted by molar-refractivity contribution is 1.10. The molecule has 0 saturated carbocycles. The SMILES string of the molecule is Cc1c2ccccc2c(-c2ccc(-c3c4ccccc4c(-c4ccc(-c5nc6ccccc6n5-c5ccccc5)cc4)c4ccccc34)cc2)c2ccccc12. The Hall–Kier alpha value is -7.29. The number of imidazole rings is 1. The van der Waals surface area contributed by atoms with Crippen LogP contribution in [0.5, 0.6) is 0 Å². The Labute approximate surface area is 325 Å². The van der Waals surface area contributed by atoms with Gasteiger partial charge in [-0.2, -0.15) is 0 Å². The van der Waals surface area contributed by atoms with Crippen LogP contribution >= 0.6 is 0 Å². The smallest absolute Gasteiger partial charge is 0.145 e. The maximum absolute atomic E-state index is 5.13. The summed E-state index contributed by atoms with van der Waals surface area (Å²) < 4.78 is 2.26. The number of benzene rings is 10. The molecule has 0 fully saturated rings. The van der Waals surface area contributed by atoms with E-state index in [1.54, 1.807) is 0 Å². The van der Waals surface area contributed by atoms with Gasteiger partial charge in [0.05, 0.1) is 11.0 Å². The van der Waals surface area contributed by atoms with Gasteiger partial charge in [-0.15, -0.1) is 0 Å². The van der Waals surface area contributed by atoms with E-state index in [-0.39, 0.29) is 0 Å². The molecule has 0 aliphatic heterocycles. The number of para-hydroxylation sites is 3. The quantitative estimate of drug-likeness (QED) is 0.162. The standard InChI is InChI=1S/C54H36N2/c1-35-41-17-5-7-19-43(41)51(44-20-8-6-18-42(35)44)36-27-29-37(30-28-36)52-45-21-9-11-23-47(45)53(48-24-12-10-22-46(48)52)38-31-33-39(34-32-38)54-55-49-25-13-14-26-50(49)56(54)40-15-3-2-4-16-40/h2-34H,1H3. The molecule has 2 nitrogen and oxygen atoms in total. The van der Waals surface area contributed by atoms with Gasteiger partial charge >= 0.3 is 0 Å². The predicted octanol–water partition coefficient (Wildman–Crippen LogP) is 14.6. The molecule has 10 aromatic carbocycles. The van der Waals surface area contributed by atoms with Gasteiger partial charge < -0.3 is 0 Å². The normalized spacial score (nSPS) is 11.7. The first-order valence-corrected chi connectivity index (χ1v) is 19.3. The van der Waals surface area contributed by atoms with Crippen molar-refractivity contribution in [2.45, 2.75) is 6.92 Å². The second-order valence-corrected chi connectivity index (χ2v) is 14.7. The summed E-state index contributed by atoms with van der Waals surface area (Å²) in [5.41, 5.74) is 13.0. The Kier molecular flexibility index (Phi) is 7.43. The van der Waals surface area contributed by atoms with E-state index in [1.165, 1.54) is 82.0 Å². The van der Waals surface area contributed by atoms with Gasteiger partial charge in [-0.25, -0.2) is 4.98 Å². The molecule has 0 radical (unpaired) electrons. The van der Waals surface area contributed by atoms with Crippen molar-refractivity contribution in [1.29, 1.82) is 0 Å². The zero-order valence-corrected chi connectivity index (χ0v) is 30.9. The maximum Gasteiger partial charge on any atom is 0.145 e. The van der Waals surface area contributed by atoms with Crippen LogP contribution in [0.3, 0.4) is 0 Å². The number of rotatable bonds is 5. The maximum atomic E-state index is 5.13. The van der Waals surface area contributed by atoms with Gasteiger partial charge in [0, 0.05) is 11.3 Å². The highest BCUT2D eigenvalue weighted by Crippen LogP contribution is 2.45. The summed E-state index contributed by atoms with van der Waals surface area (Å²) in [6.07, 6.45) is 0. The van der Waals surface area contributed by atoms with Gasteiger partial charge in [0.15, 0.2) is 0 Å². The molecule has 0 aliphatic carbocycles. The van der Waals surface area contributed by atoms with Crippen molar-refractivity contribution in [3.8, 4) is 50.5 Å². The molecule has 0 amide bonds. The zero-order chi connectivity index (χ0) is 37.2. The molecule has 0 N–H and O–H groups in total. The molecule has 2 heteroatoms. The first-order valence-electron chi connectivity index (χ1n) is 19.3. The number of fused-ring (bicyclic) bond motifs is 5. The first kappa shape index (κ1) is 32.2. The van der Waals surface area contributed by atoms with Gasteiger partial charge in [-0.05, 0) is 113 Å². The van der Waals surface area contributed by atoms with Crippen LogP contribution in [-0.4, -0.2) is 9.55 Å². The molecule has 262 valence electrons. The van der Waals surface area contributed by atoms with Crippen molar-refractivity contribution in [3.63, 3.8) is 0 Å². The molecular weight excluding hydrogens is 677 g/mol. The number of hydrogen-bond donors (Lipinski definition) is 0. The zero-order valence-electron chi connectivity index (χ0n) is 30.9. The summed E-state index contributed by atoms with van der Waals surface area (Å²) in [6, 6.07) is 72.6. The third kappa shape index (κ3) is 5.00. The second-order valence-electron chi connectivity index (χ2n) is 14.7. The van der Waals surface area contributed by atoms with E-state index in [1.807, 2.05) is 0 Å². The van der Waals surface area contributed by atoms with E-state index in [0.717, 1.165) is 28.1 Å². The fourth-order valence-electron chi connectivity index (χ4n) is 9.06. The molecule has 0 unspecified atom stereocenters. The molecule has 11 aromatic rings. The summed E-state index contributed by atoms with van der Waals surface area (Å²) in [7, 11) is 0. The van der Waals surface area contributed by atoms with Crippen LogP contribution in [-0.2, 0) is 0 Å². The fraction of sp³-hybridized carbons (Fsp3) is 0.0185. The van der Waals surface area contributed by atoms with Crippen LogP contribution in [0.2, 0.25) is 0 Å². The molecular formula is C54H36N2. The van der Waals surface area contributed by atoms with Crippen molar-refractivity contribution in [2.24, 2.45) is 0 Å². The molecule has 1 aromatic heterocycles. The molecule has 11 rings (SSSR count). The topological polar surface area (TPSA) is 17.8 Å². The molecule has 0 atom stereocenters. The first-order chi connectivity index (χ1) is 27.7. The molecule has 0 aliphatic rings. The highest BCUT2D eigenvalue weighted by atomic mass is 15.1. The van der Waals surface area contributed by atoms with Crippen molar-refractivity contribution in [2.75, 3.05) is 0 Å². The Balaban J connectivity index is 1.06. The van der Waals surface area contributed by atoms with Crippen molar-refractivity contribution in [1.82, 2.24) is 9.55 Å². The van der Waals surface area contributed by atoms with E-state index in [2.05, 4.69) is 212 Å². The average Bonchev–Trinajstić information content (AvgIpc) is 3.66. The van der Waals surface area contributed by atoms with E-state index < -0.39 is 0 Å². The van der Waals surface area contributed by atoms with E-state index in [4.69, 9.17) is 4.98 Å². The molecule has 0 saturated heterocycles. The summed E-state index contributed by atoms with van der Waals surface area (Å²) in [4.78, 5) is 5.13. The largest absolute Gasteiger partial charge is 0.292 e. The van der Waals surface area contributed by atoms with Crippen molar-refractivity contribution < 1.29 is 0 Å². The third-order valence-corrected chi connectivity index (χ3v) is 11.6. The number of hydrogen-bond acceptors (Lipinski definition) is 1. The van der Waals surface area contributed by atoms with E-state index in [9.17, 15) is 0 Å². The van der Waals surface area contributed by atoms with Crippen molar-refractivity contribution in [3.05, 3.63) is 206 Å². The second kappa shape index (κ2) is 12.9. The lowest BCUT2D eigenvalue weighted by Crippen LogP contribution is -1.97. The van der Waals surface area contributed by atoms with Gasteiger partial charge in [0.1, 0.15) is 5.82 Å². The third-order valence-electron chi connectivity index (χ3n) is 11.6. The van der Waals surface area contributed by atoms with E-state index >= 15 is 0 Å². The number of aromatic nitrogens is 2. The van der Waals surface area contributed by atoms with Gasteiger partial charge in [-0.1, -0.05) is 176 Å². The number of nitrogens with zero attached hydrogens (tertiary/aromatic N) is 2. The average molecular weight is 713 g/mol. The summed E-state index contributed by atoms with van der Waals surface area (Å²) in [5, 5.41) is 10.2. The highest BCUT2D eigenvalue weighted by molar-refractivity contribution is 6.22. The van der Waals surface area contributed by atoms with Crippen LogP contribution < -0.4 is 0 Å². The lowest BCUT2D eigenvalue weighted by Gasteiger charge is -2.19. The number of aryl methyl sites for hydroxylation is 1. The minimum absolute atomic E-state index is 0.934. The Morgan fingerprint density at radius 3 is 1.11 bits per heavy atom. The lowest BCUT2D eigenvalue weighted by atomic mass is 9.85.